The van der Waals surface area contributed by atoms with Crippen molar-refractivity contribution in [3.63, 3.8) is 0 Å². The van der Waals surface area contributed by atoms with Crippen molar-refractivity contribution < 1.29 is 4.79 Å². The van der Waals surface area contributed by atoms with E-state index < -0.39 is 0 Å². The van der Waals surface area contributed by atoms with E-state index in [1.807, 2.05) is 18.2 Å². The van der Waals surface area contributed by atoms with E-state index in [1.165, 1.54) is 23.3 Å². The Labute approximate surface area is 108 Å². The molecule has 0 aliphatic rings. The van der Waals surface area contributed by atoms with E-state index in [0.29, 0.717) is 11.3 Å². The Morgan fingerprint density at radius 2 is 2.18 bits per heavy atom. The molecule has 0 aliphatic heterocycles. The van der Waals surface area contributed by atoms with E-state index in [1.54, 1.807) is 18.2 Å². The second kappa shape index (κ2) is 5.75. The van der Waals surface area contributed by atoms with E-state index in [-0.39, 0.29) is 5.78 Å². The summed E-state index contributed by atoms with van der Waals surface area (Å²) >= 11 is 2.78. The minimum absolute atomic E-state index is 0.0779. The number of hydrogen-bond acceptors (Lipinski definition) is 5. The lowest BCUT2D eigenvalue weighted by Crippen LogP contribution is -2.02. The summed E-state index contributed by atoms with van der Waals surface area (Å²) in [6.45, 7) is 3.65. The van der Waals surface area contributed by atoms with Crippen molar-refractivity contribution in [3.05, 3.63) is 54.2 Å². The first-order valence-corrected chi connectivity index (χ1v) is 6.74. The molecule has 0 saturated heterocycles. The van der Waals surface area contributed by atoms with E-state index in [2.05, 4.69) is 16.2 Å². The van der Waals surface area contributed by atoms with Gasteiger partial charge in [0.15, 0.2) is 5.69 Å². The molecule has 0 saturated carbocycles. The van der Waals surface area contributed by atoms with Gasteiger partial charge in [0.05, 0.1) is 0 Å². The van der Waals surface area contributed by atoms with Crippen LogP contribution in [0.2, 0.25) is 0 Å². The zero-order valence-electron chi connectivity index (χ0n) is 9.00. The normalized spacial score (nSPS) is 10.1. The van der Waals surface area contributed by atoms with Crippen molar-refractivity contribution in [2.45, 2.75) is 4.21 Å². The highest BCUT2D eigenvalue weighted by atomic mass is 32.2. The van der Waals surface area contributed by atoms with Crippen molar-refractivity contribution in [1.29, 1.82) is 0 Å². The Morgan fingerprint density at radius 3 is 2.88 bits per heavy atom. The van der Waals surface area contributed by atoms with E-state index >= 15 is 0 Å². The molecular weight excluding hydrogens is 252 g/mol. The molecule has 1 aromatic heterocycles. The fourth-order valence-electron chi connectivity index (χ4n) is 1.28. The molecule has 0 unspecified atom stereocenters. The fourth-order valence-corrected chi connectivity index (χ4v) is 2.75. The molecule has 5 heteroatoms. The Hall–Kier alpha value is -1.46. The number of rotatable bonds is 5. The molecule has 1 aromatic carbocycles. The second-order valence-electron chi connectivity index (χ2n) is 3.20. The lowest BCUT2D eigenvalue weighted by Gasteiger charge is -1.98. The van der Waals surface area contributed by atoms with Crippen LogP contribution in [0.3, 0.4) is 0 Å². The number of aromatic nitrogens is 2. The number of benzene rings is 1. The Kier molecular flexibility index (Phi) is 4.06. The maximum atomic E-state index is 12.2. The fraction of sp³-hybridized carbons (Fsp3) is 0.0833. The molecular formula is C12H10N2OS2. The van der Waals surface area contributed by atoms with E-state index in [9.17, 15) is 4.79 Å². The Morgan fingerprint density at radius 1 is 1.41 bits per heavy atom. The van der Waals surface area contributed by atoms with Crippen molar-refractivity contribution in [3.8, 4) is 0 Å². The van der Waals surface area contributed by atoms with Gasteiger partial charge in [0.1, 0.15) is 4.21 Å². The van der Waals surface area contributed by atoms with Gasteiger partial charge in [-0.05, 0) is 11.5 Å². The van der Waals surface area contributed by atoms with Crippen LogP contribution in [-0.2, 0) is 0 Å². The molecule has 0 amide bonds. The lowest BCUT2D eigenvalue weighted by atomic mass is 10.1. The van der Waals surface area contributed by atoms with Gasteiger partial charge in [-0.25, -0.2) is 0 Å². The van der Waals surface area contributed by atoms with Gasteiger partial charge in [0.2, 0.25) is 5.78 Å². The molecule has 0 fully saturated rings. The summed E-state index contributed by atoms with van der Waals surface area (Å²) in [6.07, 6.45) is 1.79. The standard InChI is InChI=1S/C12H10N2OS2/c1-2-8-16-12-10(13-14-17-12)11(15)9-6-4-3-5-7-9/h2-7H,1,8H2. The Bertz CT molecular complexity index is 522. The first-order valence-electron chi connectivity index (χ1n) is 4.98. The minimum Gasteiger partial charge on any atom is -0.287 e. The predicted molar refractivity (Wildman–Crippen MR) is 70.7 cm³/mol. The van der Waals surface area contributed by atoms with Gasteiger partial charge in [0, 0.05) is 11.3 Å². The number of carbonyl (C=O) groups excluding carboxylic acids is 1. The van der Waals surface area contributed by atoms with Gasteiger partial charge in [-0.3, -0.25) is 4.79 Å². The maximum absolute atomic E-state index is 12.2. The lowest BCUT2D eigenvalue weighted by molar-refractivity contribution is 0.103. The first kappa shape index (κ1) is 12.0. The quantitative estimate of drug-likeness (QED) is 0.472. The van der Waals surface area contributed by atoms with Crippen LogP contribution >= 0.6 is 23.3 Å². The SMILES string of the molecule is C=CCSc1snnc1C(=O)c1ccccc1. The summed E-state index contributed by atoms with van der Waals surface area (Å²) in [6, 6.07) is 9.11. The van der Waals surface area contributed by atoms with Crippen LogP contribution in [0.1, 0.15) is 16.1 Å². The number of thioether (sulfide) groups is 1. The molecule has 0 aliphatic carbocycles. The van der Waals surface area contributed by atoms with Crippen molar-refractivity contribution >= 4 is 29.1 Å². The zero-order chi connectivity index (χ0) is 12.1. The van der Waals surface area contributed by atoms with Crippen LogP contribution in [0.5, 0.6) is 0 Å². The number of hydrogen-bond donors (Lipinski definition) is 0. The highest BCUT2D eigenvalue weighted by Crippen LogP contribution is 2.26. The minimum atomic E-state index is -0.0779. The number of nitrogens with zero attached hydrogens (tertiary/aromatic N) is 2. The molecule has 2 aromatic rings. The number of ketones is 1. The monoisotopic (exact) mass is 262 g/mol. The van der Waals surface area contributed by atoms with Gasteiger partial charge in [-0.1, -0.05) is 40.9 Å². The molecule has 0 N–H and O–H groups in total. The van der Waals surface area contributed by atoms with Crippen molar-refractivity contribution in [2.75, 3.05) is 5.75 Å². The highest BCUT2D eigenvalue weighted by molar-refractivity contribution is 8.01. The van der Waals surface area contributed by atoms with Crippen LogP contribution in [0.4, 0.5) is 0 Å². The van der Waals surface area contributed by atoms with Gasteiger partial charge in [-0.15, -0.1) is 23.4 Å². The van der Waals surface area contributed by atoms with Crippen LogP contribution in [-0.4, -0.2) is 21.1 Å². The molecule has 86 valence electrons. The summed E-state index contributed by atoms with van der Waals surface area (Å²) in [5.74, 6) is 0.671. The average molecular weight is 262 g/mol. The van der Waals surface area contributed by atoms with Crippen molar-refractivity contribution in [1.82, 2.24) is 9.59 Å². The van der Waals surface area contributed by atoms with Crippen LogP contribution in [0, 0.1) is 0 Å². The van der Waals surface area contributed by atoms with E-state index in [4.69, 9.17) is 0 Å². The smallest absolute Gasteiger partial charge is 0.215 e. The van der Waals surface area contributed by atoms with Gasteiger partial charge in [-0.2, -0.15) is 0 Å². The summed E-state index contributed by atoms with van der Waals surface area (Å²) in [5.41, 5.74) is 1.08. The topological polar surface area (TPSA) is 42.9 Å². The third-order valence-electron chi connectivity index (χ3n) is 2.04. The third-order valence-corrected chi connectivity index (χ3v) is 4.00. The molecule has 0 bridgehead atoms. The Balaban J connectivity index is 2.25. The summed E-state index contributed by atoms with van der Waals surface area (Å²) in [7, 11) is 0. The van der Waals surface area contributed by atoms with Crippen molar-refractivity contribution in [2.24, 2.45) is 0 Å². The van der Waals surface area contributed by atoms with Crippen LogP contribution < -0.4 is 0 Å². The van der Waals surface area contributed by atoms with E-state index in [0.717, 1.165) is 9.96 Å². The highest BCUT2D eigenvalue weighted by Gasteiger charge is 2.17. The van der Waals surface area contributed by atoms with Gasteiger partial charge >= 0.3 is 0 Å². The molecule has 0 atom stereocenters. The molecule has 2 rings (SSSR count). The molecule has 1 heterocycles. The molecule has 3 nitrogen and oxygen atoms in total. The zero-order valence-corrected chi connectivity index (χ0v) is 10.6. The molecule has 0 radical (unpaired) electrons. The van der Waals surface area contributed by atoms with Gasteiger partial charge < -0.3 is 0 Å². The predicted octanol–water partition coefficient (Wildman–Crippen LogP) is 3.05. The third kappa shape index (κ3) is 2.81. The first-order chi connectivity index (χ1) is 8.33. The average Bonchev–Trinajstić information content (AvgIpc) is 2.84. The maximum Gasteiger partial charge on any atom is 0.215 e. The number of carbonyl (C=O) groups is 1. The largest absolute Gasteiger partial charge is 0.287 e. The second-order valence-corrected chi connectivity index (χ2v) is 5.25. The molecule has 0 spiro atoms. The summed E-state index contributed by atoms with van der Waals surface area (Å²) in [5, 5.41) is 3.91. The van der Waals surface area contributed by atoms with Gasteiger partial charge in [0.25, 0.3) is 0 Å². The summed E-state index contributed by atoms with van der Waals surface area (Å²) in [4.78, 5) is 12.2. The molecule has 17 heavy (non-hydrogen) atoms. The van der Waals surface area contributed by atoms with Crippen LogP contribution in [0.15, 0.2) is 47.2 Å². The summed E-state index contributed by atoms with van der Waals surface area (Å²) < 4.78 is 4.68. The van der Waals surface area contributed by atoms with Crippen LogP contribution in [0.25, 0.3) is 0 Å².